The first-order valence-corrected chi connectivity index (χ1v) is 10.9. The van der Waals surface area contributed by atoms with E-state index in [9.17, 15) is 13.2 Å². The van der Waals surface area contributed by atoms with E-state index in [1.165, 1.54) is 4.31 Å². The van der Waals surface area contributed by atoms with Gasteiger partial charge in [0.1, 0.15) is 0 Å². The number of piperazine rings is 1. The van der Waals surface area contributed by atoms with Gasteiger partial charge in [0.05, 0.1) is 18.0 Å². The molecule has 1 saturated heterocycles. The van der Waals surface area contributed by atoms with Gasteiger partial charge >= 0.3 is 0 Å². The number of nitrogens with zero attached hydrogens (tertiary/aromatic N) is 2. The molecule has 0 aromatic heterocycles. The number of halogens is 1. The van der Waals surface area contributed by atoms with Crippen LogP contribution in [-0.2, 0) is 19.6 Å². The van der Waals surface area contributed by atoms with Crippen LogP contribution in [0.25, 0.3) is 0 Å². The maximum Gasteiger partial charge on any atom is 0.243 e. The minimum Gasteiger partial charge on any atom is -0.383 e. The summed E-state index contributed by atoms with van der Waals surface area (Å²) in [6.45, 7) is 7.11. The molecule has 1 heterocycles. The van der Waals surface area contributed by atoms with Crippen molar-refractivity contribution in [3.63, 3.8) is 0 Å². The number of hydrogen-bond donors (Lipinski definition) is 1. The van der Waals surface area contributed by atoms with Gasteiger partial charge < -0.3 is 15.0 Å². The number of carbonyl (C=O) groups excluding carboxylic acids is 1. The van der Waals surface area contributed by atoms with Gasteiger partial charge in [-0.3, -0.25) is 4.79 Å². The average Bonchev–Trinajstić information content (AvgIpc) is 2.70. The van der Waals surface area contributed by atoms with Crippen molar-refractivity contribution in [3.8, 4) is 0 Å². The number of rotatable bonds is 9. The Hall–Kier alpha value is -1.19. The fourth-order valence-electron chi connectivity index (χ4n) is 3.01. The Bertz CT molecular complexity index is 704. The molecule has 1 aromatic rings. The van der Waals surface area contributed by atoms with E-state index in [4.69, 9.17) is 4.74 Å². The molecule has 0 saturated carbocycles. The molecule has 2 rings (SSSR count). The summed E-state index contributed by atoms with van der Waals surface area (Å²) in [7, 11) is -1.91. The predicted molar refractivity (Wildman–Crippen MR) is 112 cm³/mol. The van der Waals surface area contributed by atoms with Crippen LogP contribution < -0.4 is 5.32 Å². The van der Waals surface area contributed by atoms with Crippen molar-refractivity contribution in [1.29, 1.82) is 0 Å². The number of methoxy groups -OCH3 is 1. The highest BCUT2D eigenvalue weighted by atomic mass is 35.5. The lowest BCUT2D eigenvalue weighted by Crippen LogP contribution is -2.52. The Balaban J connectivity index is 0.00000392. The summed E-state index contributed by atoms with van der Waals surface area (Å²) in [6, 6.07) is 7.17. The molecular formula is C19H32ClN3O4S. The van der Waals surface area contributed by atoms with Crippen LogP contribution in [0.4, 0.5) is 0 Å². The molecule has 9 heteroatoms. The highest BCUT2D eigenvalue weighted by Crippen LogP contribution is 2.23. The molecule has 1 amide bonds. The molecule has 7 nitrogen and oxygen atoms in total. The van der Waals surface area contributed by atoms with Gasteiger partial charge in [-0.05, 0) is 30.0 Å². The zero-order valence-corrected chi connectivity index (χ0v) is 18.5. The van der Waals surface area contributed by atoms with E-state index in [-0.39, 0.29) is 24.9 Å². The molecule has 28 heavy (non-hydrogen) atoms. The number of hydrogen-bond acceptors (Lipinski definition) is 5. The largest absolute Gasteiger partial charge is 0.383 e. The first-order valence-electron chi connectivity index (χ1n) is 9.47. The maximum atomic E-state index is 12.9. The fourth-order valence-corrected chi connectivity index (χ4v) is 4.43. The average molecular weight is 434 g/mol. The molecule has 160 valence electrons. The first-order chi connectivity index (χ1) is 12.9. The highest BCUT2D eigenvalue weighted by molar-refractivity contribution is 7.89. The van der Waals surface area contributed by atoms with E-state index in [1.54, 1.807) is 24.1 Å². The van der Waals surface area contributed by atoms with Crippen LogP contribution in [0.1, 0.15) is 31.7 Å². The van der Waals surface area contributed by atoms with Crippen molar-refractivity contribution >= 4 is 28.3 Å². The lowest BCUT2D eigenvalue weighted by molar-refractivity contribution is -0.131. The van der Waals surface area contributed by atoms with E-state index in [1.807, 2.05) is 12.1 Å². The Morgan fingerprint density at radius 2 is 1.79 bits per heavy atom. The zero-order valence-electron chi connectivity index (χ0n) is 16.9. The van der Waals surface area contributed by atoms with Gasteiger partial charge in [0, 0.05) is 39.8 Å². The summed E-state index contributed by atoms with van der Waals surface area (Å²) in [5, 5.41) is 3.02. The molecule has 1 fully saturated rings. The first kappa shape index (κ1) is 24.8. The topological polar surface area (TPSA) is 79.0 Å². The van der Waals surface area contributed by atoms with Gasteiger partial charge in [-0.25, -0.2) is 8.42 Å². The minimum absolute atomic E-state index is 0. The molecule has 0 bridgehead atoms. The van der Waals surface area contributed by atoms with Crippen molar-refractivity contribution in [2.24, 2.45) is 0 Å². The van der Waals surface area contributed by atoms with E-state index in [0.29, 0.717) is 50.1 Å². The number of nitrogens with one attached hydrogen (secondary N) is 1. The van der Waals surface area contributed by atoms with Crippen molar-refractivity contribution < 1.29 is 17.9 Å². The van der Waals surface area contributed by atoms with Crippen LogP contribution in [0.2, 0.25) is 0 Å². The predicted octanol–water partition coefficient (Wildman–Crippen LogP) is 1.69. The summed E-state index contributed by atoms with van der Waals surface area (Å²) in [5.41, 5.74) is 1.15. The second-order valence-electron chi connectivity index (χ2n) is 6.83. The molecule has 0 aliphatic carbocycles. The van der Waals surface area contributed by atoms with E-state index < -0.39 is 10.0 Å². The zero-order chi connectivity index (χ0) is 19.9. The van der Waals surface area contributed by atoms with Gasteiger partial charge in [0.25, 0.3) is 0 Å². The van der Waals surface area contributed by atoms with Crippen molar-refractivity contribution in [2.75, 3.05) is 53.0 Å². The third-order valence-electron chi connectivity index (χ3n) is 5.05. The summed E-state index contributed by atoms with van der Waals surface area (Å²) in [6.07, 6.45) is 1.02. The Morgan fingerprint density at radius 3 is 2.32 bits per heavy atom. The highest BCUT2D eigenvalue weighted by Gasteiger charge is 2.29. The van der Waals surface area contributed by atoms with Gasteiger partial charge in [0.2, 0.25) is 15.9 Å². The van der Waals surface area contributed by atoms with Gasteiger partial charge in [-0.2, -0.15) is 4.31 Å². The third-order valence-corrected chi connectivity index (χ3v) is 6.96. The molecule has 1 atom stereocenters. The molecule has 1 aliphatic rings. The Kier molecular flexibility index (Phi) is 10.4. The molecule has 1 aliphatic heterocycles. The molecule has 1 N–H and O–H groups in total. The number of ether oxygens (including phenoxy) is 1. The summed E-state index contributed by atoms with van der Waals surface area (Å²) >= 11 is 0. The van der Waals surface area contributed by atoms with Crippen LogP contribution >= 0.6 is 12.4 Å². The smallest absolute Gasteiger partial charge is 0.243 e. The molecule has 1 aromatic carbocycles. The SMILES string of the molecule is CCC(C)c1ccc(S(=O)(=O)N2CCN(C(=O)CNCCOC)CC2)cc1.Cl. The standard InChI is InChI=1S/C19H31N3O4S.ClH/c1-4-16(2)17-5-7-18(8-6-17)27(24,25)22-12-10-21(11-13-22)19(23)15-20-9-14-26-3;/h5-8,16,20H,4,9-15H2,1-3H3;1H. The van der Waals surface area contributed by atoms with Gasteiger partial charge in [-0.15, -0.1) is 12.4 Å². The van der Waals surface area contributed by atoms with Crippen LogP contribution in [0.5, 0.6) is 0 Å². The van der Waals surface area contributed by atoms with Crippen molar-refractivity contribution in [2.45, 2.75) is 31.1 Å². The minimum atomic E-state index is -3.52. The normalized spacial score (nSPS) is 16.5. The summed E-state index contributed by atoms with van der Waals surface area (Å²) < 4.78 is 32.1. The molecule has 0 radical (unpaired) electrons. The van der Waals surface area contributed by atoms with E-state index in [2.05, 4.69) is 19.2 Å². The van der Waals surface area contributed by atoms with Crippen LogP contribution in [0.15, 0.2) is 29.2 Å². The molecule has 1 unspecified atom stereocenters. The monoisotopic (exact) mass is 433 g/mol. The number of carbonyl (C=O) groups is 1. The number of amides is 1. The fraction of sp³-hybridized carbons (Fsp3) is 0.632. The van der Waals surface area contributed by atoms with Crippen LogP contribution in [-0.4, -0.2) is 76.5 Å². The second-order valence-corrected chi connectivity index (χ2v) is 8.77. The lowest BCUT2D eigenvalue weighted by Gasteiger charge is -2.34. The van der Waals surface area contributed by atoms with Gasteiger partial charge in [-0.1, -0.05) is 26.0 Å². The number of sulfonamides is 1. The third kappa shape index (κ3) is 6.42. The quantitative estimate of drug-likeness (QED) is 0.599. The Labute approximate surface area is 174 Å². The second kappa shape index (κ2) is 11.7. The summed E-state index contributed by atoms with van der Waals surface area (Å²) in [4.78, 5) is 14.2. The van der Waals surface area contributed by atoms with Crippen molar-refractivity contribution in [3.05, 3.63) is 29.8 Å². The maximum absolute atomic E-state index is 12.9. The van der Waals surface area contributed by atoms with Crippen LogP contribution in [0.3, 0.4) is 0 Å². The van der Waals surface area contributed by atoms with Gasteiger partial charge in [0.15, 0.2) is 0 Å². The molecular weight excluding hydrogens is 402 g/mol. The summed E-state index contributed by atoms with van der Waals surface area (Å²) in [5.74, 6) is 0.398. The van der Waals surface area contributed by atoms with E-state index in [0.717, 1.165) is 12.0 Å². The molecule has 0 spiro atoms. The van der Waals surface area contributed by atoms with Crippen LogP contribution in [0, 0.1) is 0 Å². The lowest BCUT2D eigenvalue weighted by atomic mass is 9.99. The number of benzene rings is 1. The van der Waals surface area contributed by atoms with Crippen molar-refractivity contribution in [1.82, 2.24) is 14.5 Å². The Morgan fingerprint density at radius 1 is 1.18 bits per heavy atom. The van der Waals surface area contributed by atoms with E-state index >= 15 is 0 Å².